The molecule has 2 aromatic carbocycles. The SMILES string of the molecule is COc1ccccc1NC(=O)CCC(=O)O[C@H](C)C(=O)c1ccccc1. The first kappa shape index (κ1) is 19.2. The Morgan fingerprint density at radius 3 is 2.31 bits per heavy atom. The summed E-state index contributed by atoms with van der Waals surface area (Å²) in [7, 11) is 1.51. The van der Waals surface area contributed by atoms with Crippen molar-refractivity contribution < 1.29 is 23.9 Å². The highest BCUT2D eigenvalue weighted by atomic mass is 16.5. The zero-order chi connectivity index (χ0) is 18.9. The molecule has 0 bridgehead atoms. The van der Waals surface area contributed by atoms with Gasteiger partial charge in [0.05, 0.1) is 19.2 Å². The van der Waals surface area contributed by atoms with E-state index in [1.165, 1.54) is 14.0 Å². The summed E-state index contributed by atoms with van der Waals surface area (Å²) in [5.74, 6) is -0.687. The average Bonchev–Trinajstić information content (AvgIpc) is 2.67. The third-order valence-corrected chi connectivity index (χ3v) is 3.67. The molecular formula is C20H21NO5. The Morgan fingerprint density at radius 1 is 0.962 bits per heavy atom. The first-order valence-corrected chi connectivity index (χ1v) is 8.23. The number of amides is 1. The van der Waals surface area contributed by atoms with Gasteiger partial charge in [0.15, 0.2) is 6.10 Å². The van der Waals surface area contributed by atoms with Gasteiger partial charge in [-0.25, -0.2) is 0 Å². The van der Waals surface area contributed by atoms with Crippen LogP contribution in [0.1, 0.15) is 30.1 Å². The van der Waals surface area contributed by atoms with Gasteiger partial charge in [-0.1, -0.05) is 42.5 Å². The Kier molecular flexibility index (Phi) is 6.91. The molecule has 2 rings (SSSR count). The number of esters is 1. The molecule has 1 N–H and O–H groups in total. The molecule has 26 heavy (non-hydrogen) atoms. The van der Waals surface area contributed by atoms with Crippen LogP contribution in [0.4, 0.5) is 5.69 Å². The molecule has 0 aliphatic rings. The van der Waals surface area contributed by atoms with E-state index < -0.39 is 12.1 Å². The number of nitrogens with one attached hydrogen (secondary N) is 1. The lowest BCUT2D eigenvalue weighted by Gasteiger charge is -2.13. The number of ketones is 1. The molecule has 136 valence electrons. The van der Waals surface area contributed by atoms with Gasteiger partial charge in [-0.15, -0.1) is 0 Å². The van der Waals surface area contributed by atoms with Gasteiger partial charge >= 0.3 is 5.97 Å². The molecule has 0 radical (unpaired) electrons. The summed E-state index contributed by atoms with van der Waals surface area (Å²) in [4.78, 5) is 36.0. The van der Waals surface area contributed by atoms with Crippen molar-refractivity contribution in [2.75, 3.05) is 12.4 Å². The Hall–Kier alpha value is -3.15. The molecule has 0 fully saturated rings. The van der Waals surface area contributed by atoms with Crippen molar-refractivity contribution in [3.8, 4) is 5.75 Å². The summed E-state index contributed by atoms with van der Waals surface area (Å²) >= 11 is 0. The third-order valence-electron chi connectivity index (χ3n) is 3.67. The van der Waals surface area contributed by atoms with Crippen LogP contribution in [0.5, 0.6) is 5.75 Å². The first-order chi connectivity index (χ1) is 12.5. The molecule has 6 nitrogen and oxygen atoms in total. The number of anilines is 1. The van der Waals surface area contributed by atoms with Crippen LogP contribution in [-0.4, -0.2) is 30.9 Å². The lowest BCUT2D eigenvalue weighted by Crippen LogP contribution is -2.25. The summed E-state index contributed by atoms with van der Waals surface area (Å²) in [6.07, 6.45) is -1.07. The van der Waals surface area contributed by atoms with E-state index in [1.54, 1.807) is 54.6 Å². The van der Waals surface area contributed by atoms with Crippen molar-refractivity contribution in [3.05, 3.63) is 60.2 Å². The maximum atomic E-state index is 12.2. The van der Waals surface area contributed by atoms with Crippen molar-refractivity contribution >= 4 is 23.3 Å². The van der Waals surface area contributed by atoms with Crippen molar-refractivity contribution in [1.82, 2.24) is 0 Å². The maximum absolute atomic E-state index is 12.2. The number of benzene rings is 2. The van der Waals surface area contributed by atoms with E-state index in [9.17, 15) is 14.4 Å². The van der Waals surface area contributed by atoms with Crippen LogP contribution >= 0.6 is 0 Å². The fourth-order valence-electron chi connectivity index (χ4n) is 2.32. The predicted octanol–water partition coefficient (Wildman–Crippen LogP) is 3.23. The van der Waals surface area contributed by atoms with Crippen LogP contribution in [-0.2, 0) is 14.3 Å². The van der Waals surface area contributed by atoms with Crippen molar-refractivity contribution in [1.29, 1.82) is 0 Å². The van der Waals surface area contributed by atoms with Crippen molar-refractivity contribution in [2.45, 2.75) is 25.9 Å². The lowest BCUT2D eigenvalue weighted by atomic mass is 10.1. The van der Waals surface area contributed by atoms with E-state index in [0.717, 1.165) is 0 Å². The fraction of sp³-hybridized carbons (Fsp3) is 0.250. The Morgan fingerprint density at radius 2 is 1.62 bits per heavy atom. The minimum Gasteiger partial charge on any atom is -0.495 e. The lowest BCUT2D eigenvalue weighted by molar-refractivity contribution is -0.147. The van der Waals surface area contributed by atoms with Gasteiger partial charge in [0.2, 0.25) is 11.7 Å². The van der Waals surface area contributed by atoms with Crippen molar-refractivity contribution in [3.63, 3.8) is 0 Å². The summed E-state index contributed by atoms with van der Waals surface area (Å²) in [6, 6.07) is 15.6. The molecule has 0 unspecified atom stereocenters. The highest BCUT2D eigenvalue weighted by Crippen LogP contribution is 2.23. The molecule has 0 spiro atoms. The number of carbonyl (C=O) groups excluding carboxylic acids is 3. The Labute approximate surface area is 152 Å². The molecule has 0 saturated heterocycles. The minimum absolute atomic E-state index is 0.0525. The van der Waals surface area contributed by atoms with Gasteiger partial charge in [-0.05, 0) is 19.1 Å². The van der Waals surface area contributed by atoms with E-state index in [1.807, 2.05) is 0 Å². The number of hydrogen-bond acceptors (Lipinski definition) is 5. The number of methoxy groups -OCH3 is 1. The Balaban J connectivity index is 1.81. The standard InChI is InChI=1S/C20H21NO5/c1-14(20(24)15-8-4-3-5-9-15)26-19(23)13-12-18(22)21-16-10-6-7-11-17(16)25-2/h3-11,14H,12-13H2,1-2H3,(H,21,22)/t14-/m1/s1. The highest BCUT2D eigenvalue weighted by molar-refractivity contribution is 6.00. The van der Waals surface area contributed by atoms with E-state index in [-0.39, 0.29) is 24.5 Å². The van der Waals surface area contributed by atoms with E-state index in [0.29, 0.717) is 17.0 Å². The van der Waals surface area contributed by atoms with Gasteiger partial charge in [-0.2, -0.15) is 0 Å². The topological polar surface area (TPSA) is 81.7 Å². The molecule has 0 saturated carbocycles. The third kappa shape index (κ3) is 5.44. The second-order valence-electron chi connectivity index (χ2n) is 5.61. The van der Waals surface area contributed by atoms with Crippen LogP contribution in [0.25, 0.3) is 0 Å². The van der Waals surface area contributed by atoms with Crippen LogP contribution < -0.4 is 10.1 Å². The monoisotopic (exact) mass is 355 g/mol. The number of para-hydroxylation sites is 2. The molecular weight excluding hydrogens is 334 g/mol. The Bertz CT molecular complexity index is 773. The number of hydrogen-bond donors (Lipinski definition) is 1. The van der Waals surface area contributed by atoms with Gasteiger partial charge in [0.25, 0.3) is 0 Å². The summed E-state index contributed by atoms with van der Waals surface area (Å²) in [5, 5.41) is 2.68. The van der Waals surface area contributed by atoms with Crippen LogP contribution in [0.15, 0.2) is 54.6 Å². The maximum Gasteiger partial charge on any atom is 0.307 e. The van der Waals surface area contributed by atoms with Gasteiger partial charge in [0, 0.05) is 12.0 Å². The summed E-state index contributed by atoms with van der Waals surface area (Å²) in [5.41, 5.74) is 1.00. The fourth-order valence-corrected chi connectivity index (χ4v) is 2.32. The van der Waals surface area contributed by atoms with Gasteiger partial charge in [-0.3, -0.25) is 14.4 Å². The number of carbonyl (C=O) groups is 3. The van der Waals surface area contributed by atoms with Crippen molar-refractivity contribution in [2.24, 2.45) is 0 Å². The number of ether oxygens (including phenoxy) is 2. The van der Waals surface area contributed by atoms with E-state index in [4.69, 9.17) is 9.47 Å². The molecule has 6 heteroatoms. The van der Waals surface area contributed by atoms with Gasteiger partial charge < -0.3 is 14.8 Å². The molecule has 1 atom stereocenters. The molecule has 0 heterocycles. The van der Waals surface area contributed by atoms with E-state index in [2.05, 4.69) is 5.32 Å². The molecule has 1 amide bonds. The average molecular weight is 355 g/mol. The zero-order valence-electron chi connectivity index (χ0n) is 14.7. The first-order valence-electron chi connectivity index (χ1n) is 8.23. The zero-order valence-corrected chi connectivity index (χ0v) is 14.7. The quantitative estimate of drug-likeness (QED) is 0.581. The minimum atomic E-state index is -0.901. The number of Topliss-reactive ketones (excluding diaryl/α,β-unsaturated/α-hetero) is 1. The smallest absolute Gasteiger partial charge is 0.307 e. The molecule has 0 aliphatic heterocycles. The molecule has 0 aromatic heterocycles. The van der Waals surface area contributed by atoms with Crippen LogP contribution in [0.3, 0.4) is 0 Å². The summed E-state index contributed by atoms with van der Waals surface area (Å²) < 4.78 is 10.3. The van der Waals surface area contributed by atoms with Crippen LogP contribution in [0, 0.1) is 0 Å². The largest absolute Gasteiger partial charge is 0.495 e. The molecule has 2 aromatic rings. The normalized spacial score (nSPS) is 11.3. The van der Waals surface area contributed by atoms with Crippen LogP contribution in [0.2, 0.25) is 0 Å². The summed E-state index contributed by atoms with van der Waals surface area (Å²) in [6.45, 7) is 1.52. The predicted molar refractivity (Wildman–Crippen MR) is 97.2 cm³/mol. The second kappa shape index (κ2) is 9.36. The highest BCUT2D eigenvalue weighted by Gasteiger charge is 2.19. The van der Waals surface area contributed by atoms with Gasteiger partial charge in [0.1, 0.15) is 5.75 Å². The second-order valence-corrected chi connectivity index (χ2v) is 5.61. The van der Waals surface area contributed by atoms with E-state index >= 15 is 0 Å². The number of rotatable bonds is 8. The molecule has 0 aliphatic carbocycles.